The predicted octanol–water partition coefficient (Wildman–Crippen LogP) is 8.39. The second kappa shape index (κ2) is 8.24. The van der Waals surface area contributed by atoms with Crippen molar-refractivity contribution in [3.63, 3.8) is 0 Å². The third-order valence-corrected chi connectivity index (χ3v) is 19.3. The van der Waals surface area contributed by atoms with E-state index in [0.29, 0.717) is 34.1 Å². The molecule has 0 radical (unpaired) electrons. The molecular formula is C36H24F2N3Sb. The molecule has 0 saturated carbocycles. The summed E-state index contributed by atoms with van der Waals surface area (Å²) in [5, 5.41) is 0. The topological polar surface area (TPSA) is 9.72 Å². The molecule has 9 rings (SSSR count). The van der Waals surface area contributed by atoms with Crippen molar-refractivity contribution in [3.8, 4) is 0 Å². The average Bonchev–Trinajstić information content (AvgIpc) is 3.02. The molecule has 3 nitrogen and oxygen atoms in total. The molecule has 0 aromatic heterocycles. The Morgan fingerprint density at radius 2 is 0.548 bits per heavy atom. The van der Waals surface area contributed by atoms with Crippen LogP contribution < -0.4 is 25.2 Å². The number of rotatable bonds is 3. The number of nitrogens with zero attached hydrogens (tertiary/aromatic N) is 3. The normalized spacial score (nSPS) is 17.2. The Bertz CT molecular complexity index is 1750. The van der Waals surface area contributed by atoms with Gasteiger partial charge in [-0.1, -0.05) is 0 Å². The Kier molecular flexibility index (Phi) is 4.72. The third kappa shape index (κ3) is 2.84. The maximum absolute atomic E-state index is 19.1. The standard InChI is InChI=1S/C36H24N3.2FH.Sb/c1-4-13-28(14-5-1)37-31-19-10-21-33(25-31)38(29-15-6-2-7-16-29)35-23-12-24-36(27-35)39(30-17-8-3-9-18-30)34-22-11-20-32(37)26-34;;;/h1-24H;2*1H;/q;;;+2/p-2. The van der Waals surface area contributed by atoms with E-state index in [1.165, 1.54) is 0 Å². The summed E-state index contributed by atoms with van der Waals surface area (Å²) in [5.41, 5.74) is 5.93. The maximum atomic E-state index is 19.1. The summed E-state index contributed by atoms with van der Waals surface area (Å²) in [6, 6.07) is 46.6. The van der Waals surface area contributed by atoms with Gasteiger partial charge < -0.3 is 0 Å². The number of halogens is 2. The van der Waals surface area contributed by atoms with E-state index in [1.54, 1.807) is 0 Å². The molecule has 6 aromatic rings. The fraction of sp³-hybridized carbons (Fsp3) is 0. The zero-order chi connectivity index (χ0) is 28.1. The molecular weight excluding hydrogens is 634 g/mol. The molecule has 0 spiro atoms. The summed E-state index contributed by atoms with van der Waals surface area (Å²) in [6.45, 7) is 0. The van der Waals surface area contributed by atoms with E-state index in [2.05, 4.69) is 0 Å². The van der Waals surface area contributed by atoms with E-state index in [4.69, 9.17) is 0 Å². The van der Waals surface area contributed by atoms with Gasteiger partial charge in [-0.05, 0) is 0 Å². The van der Waals surface area contributed by atoms with Crippen molar-refractivity contribution in [3.05, 3.63) is 146 Å². The van der Waals surface area contributed by atoms with Crippen LogP contribution in [0.15, 0.2) is 146 Å². The summed E-state index contributed by atoms with van der Waals surface area (Å²) in [5.74, 6) is 0. The van der Waals surface area contributed by atoms with Crippen LogP contribution in [0.4, 0.5) is 56.8 Å². The minimum atomic E-state index is -7.14. The minimum absolute atomic E-state index is 0.200. The van der Waals surface area contributed by atoms with Crippen LogP contribution in [-0.4, -0.2) is 18.6 Å². The van der Waals surface area contributed by atoms with Crippen LogP contribution in [0.2, 0.25) is 0 Å². The van der Waals surface area contributed by atoms with Crippen LogP contribution in [0.3, 0.4) is 0 Å². The van der Waals surface area contributed by atoms with Gasteiger partial charge in [-0.3, -0.25) is 0 Å². The van der Waals surface area contributed by atoms with Gasteiger partial charge in [0.05, 0.1) is 0 Å². The van der Waals surface area contributed by atoms with Gasteiger partial charge in [-0.2, -0.15) is 0 Å². The second-order valence-corrected chi connectivity index (χ2v) is 19.9. The van der Waals surface area contributed by atoms with E-state index in [-0.39, 0.29) is 10.5 Å². The SMILES string of the molecule is [F][Sb]12([F])[c]3c4cccc3N(c3ccccc3)c3cccc([c]31)N(c1ccccc1)c1cccc([c]12)N4c1ccccc1. The second-order valence-electron chi connectivity index (χ2n) is 10.9. The van der Waals surface area contributed by atoms with Crippen LogP contribution in [0.5, 0.6) is 0 Å². The molecule has 6 aromatic carbocycles. The van der Waals surface area contributed by atoms with Crippen molar-refractivity contribution in [2.45, 2.75) is 0 Å². The van der Waals surface area contributed by atoms with E-state index in [9.17, 15) is 0 Å². The Balaban J connectivity index is 1.50. The zero-order valence-electron chi connectivity index (χ0n) is 22.4. The fourth-order valence-corrected chi connectivity index (χ4v) is 18.9. The van der Waals surface area contributed by atoms with Crippen LogP contribution in [-0.2, 0) is 0 Å². The first-order valence-electron chi connectivity index (χ1n) is 14.0. The summed E-state index contributed by atoms with van der Waals surface area (Å²) >= 11 is -7.14. The van der Waals surface area contributed by atoms with Gasteiger partial charge in [-0.15, -0.1) is 0 Å². The molecule has 0 fully saturated rings. The molecule has 3 heterocycles. The first kappa shape index (κ1) is 24.0. The Labute approximate surface area is 245 Å². The molecule has 0 unspecified atom stereocenters. The molecule has 0 saturated heterocycles. The van der Waals surface area contributed by atoms with Gasteiger partial charge in [0.15, 0.2) is 0 Å². The monoisotopic (exact) mass is 657 g/mol. The predicted molar refractivity (Wildman–Crippen MR) is 171 cm³/mol. The molecule has 3 aliphatic rings. The summed E-state index contributed by atoms with van der Waals surface area (Å²) in [6.07, 6.45) is 0. The van der Waals surface area contributed by atoms with Crippen LogP contribution in [0.1, 0.15) is 0 Å². The molecule has 3 aliphatic heterocycles. The van der Waals surface area contributed by atoms with Gasteiger partial charge in [-0.25, -0.2) is 0 Å². The Morgan fingerprint density at radius 3 is 0.786 bits per heavy atom. The number of hydrogen-bond acceptors (Lipinski definition) is 3. The molecule has 202 valence electrons. The average molecular weight is 658 g/mol. The molecule has 0 N–H and O–H groups in total. The van der Waals surface area contributed by atoms with Crippen molar-refractivity contribution >= 4 is 80.3 Å². The van der Waals surface area contributed by atoms with E-state index >= 15 is 5.63 Å². The molecule has 0 amide bonds. The third-order valence-electron chi connectivity index (χ3n) is 8.65. The van der Waals surface area contributed by atoms with Crippen molar-refractivity contribution in [1.82, 2.24) is 0 Å². The Morgan fingerprint density at radius 1 is 0.310 bits per heavy atom. The number of hydrogen-bond donors (Lipinski definition) is 0. The van der Waals surface area contributed by atoms with E-state index in [1.807, 2.05) is 160 Å². The zero-order valence-corrected chi connectivity index (χ0v) is 25.0. The number of para-hydroxylation sites is 3. The van der Waals surface area contributed by atoms with Gasteiger partial charge >= 0.3 is 246 Å². The molecule has 6 heteroatoms. The first-order valence-corrected chi connectivity index (χ1v) is 19.7. The summed E-state index contributed by atoms with van der Waals surface area (Å²) in [4.78, 5) is 6.12. The number of benzene rings is 6. The number of anilines is 9. The molecule has 0 aliphatic carbocycles. The van der Waals surface area contributed by atoms with Crippen molar-refractivity contribution in [2.24, 2.45) is 0 Å². The van der Waals surface area contributed by atoms with Crippen LogP contribution in [0, 0.1) is 0 Å². The molecule has 0 atom stereocenters. The Hall–Kier alpha value is -4.60. The van der Waals surface area contributed by atoms with E-state index < -0.39 is 18.6 Å². The molecule has 42 heavy (non-hydrogen) atoms. The fourth-order valence-electron chi connectivity index (χ4n) is 7.14. The van der Waals surface area contributed by atoms with Crippen molar-refractivity contribution < 1.29 is 5.63 Å². The van der Waals surface area contributed by atoms with Crippen molar-refractivity contribution in [1.29, 1.82) is 0 Å². The van der Waals surface area contributed by atoms with Crippen LogP contribution >= 0.6 is 0 Å². The van der Waals surface area contributed by atoms with Gasteiger partial charge in [0.1, 0.15) is 0 Å². The van der Waals surface area contributed by atoms with Crippen LogP contribution in [0.25, 0.3) is 0 Å². The molecule has 0 bridgehead atoms. The van der Waals surface area contributed by atoms with Gasteiger partial charge in [0, 0.05) is 0 Å². The van der Waals surface area contributed by atoms with Gasteiger partial charge in [0.25, 0.3) is 0 Å². The first-order chi connectivity index (χ1) is 20.6. The van der Waals surface area contributed by atoms with Gasteiger partial charge in [0.2, 0.25) is 0 Å². The van der Waals surface area contributed by atoms with E-state index in [0.717, 1.165) is 17.1 Å². The summed E-state index contributed by atoms with van der Waals surface area (Å²) in [7, 11) is 0. The van der Waals surface area contributed by atoms with Crippen molar-refractivity contribution in [2.75, 3.05) is 14.7 Å². The summed E-state index contributed by atoms with van der Waals surface area (Å²) < 4.78 is 38.8. The quantitative estimate of drug-likeness (QED) is 0.177.